The topological polar surface area (TPSA) is 38.4 Å². The maximum absolute atomic E-state index is 5.82. The summed E-state index contributed by atoms with van der Waals surface area (Å²) in [5, 5.41) is 0. The average molecular weight is 281 g/mol. The number of aliphatic imine (C=N–C) groups is 1. The van der Waals surface area contributed by atoms with Crippen molar-refractivity contribution in [2.45, 2.75) is 27.2 Å². The van der Waals surface area contributed by atoms with Crippen molar-refractivity contribution in [3.05, 3.63) is 40.0 Å². The lowest BCUT2D eigenvalue weighted by molar-refractivity contribution is 1.10. The summed E-state index contributed by atoms with van der Waals surface area (Å²) in [4.78, 5) is 4.55. The minimum absolute atomic E-state index is 0.848. The van der Waals surface area contributed by atoms with E-state index >= 15 is 0 Å². The molecule has 2 N–H and O–H groups in total. The number of nitrogens with zero attached hydrogens (tertiary/aromatic N) is 1. The van der Waals surface area contributed by atoms with Gasteiger partial charge in [0.1, 0.15) is 0 Å². The van der Waals surface area contributed by atoms with Crippen molar-refractivity contribution in [2.75, 3.05) is 0 Å². The second-order valence-electron chi connectivity index (χ2n) is 3.69. The van der Waals surface area contributed by atoms with Crippen LogP contribution in [-0.4, -0.2) is 5.71 Å². The number of nitrogens with two attached hydrogens (primary N) is 1. The molecular formula is C13H17BrN2. The molecule has 0 atom stereocenters. The molecule has 1 aromatic carbocycles. The summed E-state index contributed by atoms with van der Waals surface area (Å²) in [7, 11) is 0. The molecule has 86 valence electrons. The fraction of sp³-hybridized carbons (Fsp3) is 0.308. The van der Waals surface area contributed by atoms with Gasteiger partial charge in [0.15, 0.2) is 0 Å². The lowest BCUT2D eigenvalue weighted by Crippen LogP contribution is -2.05. The van der Waals surface area contributed by atoms with E-state index in [0.717, 1.165) is 33.6 Å². The minimum atomic E-state index is 0.848. The van der Waals surface area contributed by atoms with E-state index in [1.165, 1.54) is 0 Å². The Bertz CT molecular complexity index is 412. The number of allylic oxidation sites excluding steroid dienone is 2. The van der Waals surface area contributed by atoms with Crippen LogP contribution in [0.1, 0.15) is 27.2 Å². The molecule has 0 aliphatic heterocycles. The lowest BCUT2D eigenvalue weighted by Gasteiger charge is -2.06. The highest BCUT2D eigenvalue weighted by molar-refractivity contribution is 9.10. The molecule has 1 aromatic rings. The van der Waals surface area contributed by atoms with Crippen molar-refractivity contribution >= 4 is 27.3 Å². The summed E-state index contributed by atoms with van der Waals surface area (Å²) in [6.45, 7) is 6.00. The summed E-state index contributed by atoms with van der Waals surface area (Å²) < 4.78 is 1.06. The predicted molar refractivity (Wildman–Crippen MR) is 74.1 cm³/mol. The highest BCUT2D eigenvalue weighted by atomic mass is 79.9. The van der Waals surface area contributed by atoms with Crippen LogP contribution in [0.3, 0.4) is 0 Å². The van der Waals surface area contributed by atoms with Gasteiger partial charge in [0.05, 0.1) is 5.69 Å². The van der Waals surface area contributed by atoms with Crippen LogP contribution in [0.4, 0.5) is 5.69 Å². The second-order valence-corrected chi connectivity index (χ2v) is 4.60. The van der Waals surface area contributed by atoms with E-state index in [1.54, 1.807) is 0 Å². The number of halogens is 1. The average Bonchev–Trinajstić information content (AvgIpc) is 2.22. The van der Waals surface area contributed by atoms with Gasteiger partial charge in [-0.1, -0.05) is 22.9 Å². The summed E-state index contributed by atoms with van der Waals surface area (Å²) in [6, 6.07) is 7.92. The highest BCUT2D eigenvalue weighted by Crippen LogP contribution is 2.19. The molecule has 0 amide bonds. The Labute approximate surface area is 105 Å². The monoisotopic (exact) mass is 280 g/mol. The molecule has 0 bridgehead atoms. The van der Waals surface area contributed by atoms with Gasteiger partial charge >= 0.3 is 0 Å². The Morgan fingerprint density at radius 2 is 1.81 bits per heavy atom. The molecule has 0 unspecified atom stereocenters. The van der Waals surface area contributed by atoms with E-state index in [1.807, 2.05) is 38.1 Å². The molecule has 0 saturated carbocycles. The van der Waals surface area contributed by atoms with Crippen molar-refractivity contribution in [2.24, 2.45) is 10.7 Å². The molecule has 16 heavy (non-hydrogen) atoms. The van der Waals surface area contributed by atoms with Gasteiger partial charge in [0.2, 0.25) is 0 Å². The van der Waals surface area contributed by atoms with Crippen LogP contribution in [-0.2, 0) is 0 Å². The van der Waals surface area contributed by atoms with Crippen molar-refractivity contribution in [1.82, 2.24) is 0 Å². The Morgan fingerprint density at radius 1 is 1.25 bits per heavy atom. The number of hydrogen-bond donors (Lipinski definition) is 1. The smallest absolute Gasteiger partial charge is 0.0633 e. The fourth-order valence-electron chi connectivity index (χ4n) is 1.60. The third-order valence-corrected chi connectivity index (χ3v) is 2.92. The van der Waals surface area contributed by atoms with E-state index < -0.39 is 0 Å². The first-order chi connectivity index (χ1) is 7.54. The lowest BCUT2D eigenvalue weighted by atomic mass is 10.1. The SMILES string of the molecule is CC/C(C(C)=Nc1ccc(Br)cc1)=C(\C)N. The van der Waals surface area contributed by atoms with Gasteiger partial charge in [-0.05, 0) is 50.1 Å². The molecule has 0 aliphatic rings. The third kappa shape index (κ3) is 3.49. The molecule has 0 spiro atoms. The van der Waals surface area contributed by atoms with E-state index in [4.69, 9.17) is 5.73 Å². The highest BCUT2D eigenvalue weighted by Gasteiger charge is 2.02. The van der Waals surface area contributed by atoms with Gasteiger partial charge in [0, 0.05) is 15.9 Å². The van der Waals surface area contributed by atoms with Gasteiger partial charge in [-0.3, -0.25) is 4.99 Å². The van der Waals surface area contributed by atoms with E-state index in [-0.39, 0.29) is 0 Å². The zero-order chi connectivity index (χ0) is 12.1. The van der Waals surface area contributed by atoms with Crippen LogP contribution in [0.5, 0.6) is 0 Å². The summed E-state index contributed by atoms with van der Waals surface area (Å²) in [6.07, 6.45) is 0.911. The number of rotatable bonds is 3. The normalized spacial score (nSPS) is 13.6. The van der Waals surface area contributed by atoms with Crippen molar-refractivity contribution < 1.29 is 0 Å². The van der Waals surface area contributed by atoms with E-state index in [0.29, 0.717) is 0 Å². The first-order valence-electron chi connectivity index (χ1n) is 5.31. The van der Waals surface area contributed by atoms with Crippen LogP contribution >= 0.6 is 15.9 Å². The molecule has 0 heterocycles. The number of hydrogen-bond acceptors (Lipinski definition) is 2. The zero-order valence-electron chi connectivity index (χ0n) is 9.92. The van der Waals surface area contributed by atoms with Crippen LogP contribution < -0.4 is 5.73 Å². The molecule has 1 rings (SSSR count). The van der Waals surface area contributed by atoms with Crippen LogP contribution in [0, 0.1) is 0 Å². The van der Waals surface area contributed by atoms with E-state index in [2.05, 4.69) is 27.8 Å². The molecule has 0 aromatic heterocycles. The third-order valence-electron chi connectivity index (χ3n) is 2.39. The van der Waals surface area contributed by atoms with Gasteiger partial charge in [-0.25, -0.2) is 0 Å². The van der Waals surface area contributed by atoms with Crippen LogP contribution in [0.15, 0.2) is 45.0 Å². The molecular weight excluding hydrogens is 264 g/mol. The first-order valence-corrected chi connectivity index (χ1v) is 6.10. The standard InChI is InChI=1S/C13H17BrN2/c1-4-13(9(2)15)10(3)16-12-7-5-11(14)6-8-12/h5-8H,4,15H2,1-3H3/b13-9-,16-10?. The zero-order valence-corrected chi connectivity index (χ0v) is 11.5. The second kappa shape index (κ2) is 5.85. The summed E-state index contributed by atoms with van der Waals surface area (Å²) >= 11 is 3.40. The van der Waals surface area contributed by atoms with Crippen molar-refractivity contribution in [3.63, 3.8) is 0 Å². The maximum atomic E-state index is 5.82. The van der Waals surface area contributed by atoms with E-state index in [9.17, 15) is 0 Å². The fourth-order valence-corrected chi connectivity index (χ4v) is 1.86. The molecule has 0 fully saturated rings. The van der Waals surface area contributed by atoms with Crippen molar-refractivity contribution in [1.29, 1.82) is 0 Å². The van der Waals surface area contributed by atoms with Gasteiger partial charge in [-0.2, -0.15) is 0 Å². The summed E-state index contributed by atoms with van der Waals surface area (Å²) in [5.41, 5.74) is 9.74. The van der Waals surface area contributed by atoms with Gasteiger partial charge in [0.25, 0.3) is 0 Å². The molecule has 3 heteroatoms. The Balaban J connectivity index is 3.01. The summed E-state index contributed by atoms with van der Waals surface area (Å²) in [5.74, 6) is 0. The quantitative estimate of drug-likeness (QED) is 0.829. The first kappa shape index (κ1) is 13.0. The largest absolute Gasteiger partial charge is 0.402 e. The molecule has 0 aliphatic carbocycles. The van der Waals surface area contributed by atoms with Crippen LogP contribution in [0.2, 0.25) is 0 Å². The number of benzene rings is 1. The Morgan fingerprint density at radius 3 is 2.25 bits per heavy atom. The van der Waals surface area contributed by atoms with Gasteiger partial charge < -0.3 is 5.73 Å². The molecule has 2 nitrogen and oxygen atoms in total. The maximum Gasteiger partial charge on any atom is 0.0633 e. The molecule has 0 saturated heterocycles. The van der Waals surface area contributed by atoms with Crippen LogP contribution in [0.25, 0.3) is 0 Å². The minimum Gasteiger partial charge on any atom is -0.402 e. The molecule has 0 radical (unpaired) electrons. The Hall–Kier alpha value is -1.09. The van der Waals surface area contributed by atoms with Crippen molar-refractivity contribution in [3.8, 4) is 0 Å². The van der Waals surface area contributed by atoms with Gasteiger partial charge in [-0.15, -0.1) is 0 Å². The Kier molecular flexibility index (Phi) is 4.74. The predicted octanol–water partition coefficient (Wildman–Crippen LogP) is 4.18.